The molecule has 1 aromatic rings. The Morgan fingerprint density at radius 3 is 2.61 bits per heavy atom. The summed E-state index contributed by atoms with van der Waals surface area (Å²) in [4.78, 5) is 16.0. The van der Waals surface area contributed by atoms with Gasteiger partial charge in [-0.15, -0.1) is 0 Å². The molecule has 0 aromatic heterocycles. The molecule has 0 saturated carbocycles. The van der Waals surface area contributed by atoms with Crippen molar-refractivity contribution in [2.45, 2.75) is 46.1 Å². The van der Waals surface area contributed by atoms with Crippen LogP contribution in [-0.4, -0.2) is 37.7 Å². The third-order valence-electron chi connectivity index (χ3n) is 3.07. The molecule has 0 aliphatic rings. The quantitative estimate of drug-likeness (QED) is 0.318. The monoisotopic (exact) mass is 319 g/mol. The molecule has 0 unspecified atom stereocenters. The molecule has 5 nitrogen and oxygen atoms in total. The zero-order valence-electron chi connectivity index (χ0n) is 14.5. The van der Waals surface area contributed by atoms with Crippen LogP contribution in [0, 0.1) is 0 Å². The smallest absolute Gasteiger partial charge is 0.307 e. The minimum absolute atomic E-state index is 0.0672. The molecule has 1 aromatic carbocycles. The number of ether oxygens (including phenoxy) is 1. The van der Waals surface area contributed by atoms with Crippen LogP contribution < -0.4 is 10.6 Å². The van der Waals surface area contributed by atoms with Crippen molar-refractivity contribution in [3.63, 3.8) is 0 Å². The average Bonchev–Trinajstić information content (AvgIpc) is 2.51. The van der Waals surface area contributed by atoms with Crippen LogP contribution in [0.2, 0.25) is 0 Å². The number of carbonyl (C=O) groups excluding carboxylic acids is 1. The van der Waals surface area contributed by atoms with Crippen LogP contribution in [-0.2, 0) is 16.0 Å². The molecule has 128 valence electrons. The number of esters is 1. The molecule has 0 bridgehead atoms. The van der Waals surface area contributed by atoms with Gasteiger partial charge in [-0.25, -0.2) is 0 Å². The summed E-state index contributed by atoms with van der Waals surface area (Å²) in [5.74, 6) is 0.560. The second kappa shape index (κ2) is 11.5. The summed E-state index contributed by atoms with van der Waals surface area (Å²) in [6.07, 6.45) is 2.29. The lowest BCUT2D eigenvalue weighted by Gasteiger charge is -2.12. The van der Waals surface area contributed by atoms with E-state index >= 15 is 0 Å². The molecule has 0 amide bonds. The van der Waals surface area contributed by atoms with E-state index in [0.717, 1.165) is 31.9 Å². The molecule has 0 fully saturated rings. The van der Waals surface area contributed by atoms with Gasteiger partial charge in [0.05, 0.1) is 12.5 Å². The Kier molecular flexibility index (Phi) is 9.52. The summed E-state index contributed by atoms with van der Waals surface area (Å²) in [5.41, 5.74) is 1.33. The van der Waals surface area contributed by atoms with Crippen molar-refractivity contribution in [1.82, 2.24) is 10.6 Å². The first-order valence-electron chi connectivity index (χ1n) is 8.37. The molecule has 2 N–H and O–H groups in total. The molecule has 5 heteroatoms. The summed E-state index contributed by atoms with van der Waals surface area (Å²) in [6.45, 7) is 7.79. The van der Waals surface area contributed by atoms with E-state index in [9.17, 15) is 4.79 Å². The number of rotatable bonds is 9. The fourth-order valence-electron chi connectivity index (χ4n) is 2.07. The molecular weight excluding hydrogens is 290 g/mol. The third kappa shape index (κ3) is 9.55. The normalized spacial score (nSPS) is 11.4. The third-order valence-corrected chi connectivity index (χ3v) is 3.07. The highest BCUT2D eigenvalue weighted by molar-refractivity contribution is 5.80. The maximum Gasteiger partial charge on any atom is 0.307 e. The SMILES string of the molecule is CCNC(=NCCCc1ccccc1)NCCC(=O)OC(C)C. The van der Waals surface area contributed by atoms with Gasteiger partial charge in [-0.2, -0.15) is 0 Å². The Morgan fingerprint density at radius 2 is 1.96 bits per heavy atom. The molecule has 0 radical (unpaired) electrons. The summed E-state index contributed by atoms with van der Waals surface area (Å²) in [6, 6.07) is 10.4. The number of nitrogens with one attached hydrogen (secondary N) is 2. The minimum Gasteiger partial charge on any atom is -0.463 e. The van der Waals surface area contributed by atoms with Crippen molar-refractivity contribution in [2.75, 3.05) is 19.6 Å². The molecule has 0 heterocycles. The van der Waals surface area contributed by atoms with E-state index in [4.69, 9.17) is 4.74 Å². The highest BCUT2D eigenvalue weighted by Gasteiger charge is 2.05. The maximum atomic E-state index is 11.5. The van der Waals surface area contributed by atoms with Gasteiger partial charge in [0.25, 0.3) is 0 Å². The van der Waals surface area contributed by atoms with Gasteiger partial charge in [0.2, 0.25) is 0 Å². The van der Waals surface area contributed by atoms with Gasteiger partial charge in [0.15, 0.2) is 5.96 Å². The van der Waals surface area contributed by atoms with Crippen molar-refractivity contribution >= 4 is 11.9 Å². The van der Waals surface area contributed by atoms with Gasteiger partial charge in [-0.3, -0.25) is 9.79 Å². The molecular formula is C18H29N3O2. The van der Waals surface area contributed by atoms with Crippen LogP contribution in [0.4, 0.5) is 0 Å². The zero-order valence-corrected chi connectivity index (χ0v) is 14.5. The van der Waals surface area contributed by atoms with E-state index in [1.54, 1.807) is 0 Å². The van der Waals surface area contributed by atoms with Crippen LogP contribution in [0.1, 0.15) is 39.2 Å². The number of guanidine groups is 1. The van der Waals surface area contributed by atoms with Crippen LogP contribution in [0.3, 0.4) is 0 Å². The van der Waals surface area contributed by atoms with Gasteiger partial charge in [0, 0.05) is 19.6 Å². The number of hydrogen-bond acceptors (Lipinski definition) is 3. The van der Waals surface area contributed by atoms with Crippen LogP contribution in [0.5, 0.6) is 0 Å². The first-order valence-corrected chi connectivity index (χ1v) is 8.37. The lowest BCUT2D eigenvalue weighted by Crippen LogP contribution is -2.38. The number of benzene rings is 1. The zero-order chi connectivity index (χ0) is 16.9. The van der Waals surface area contributed by atoms with E-state index in [-0.39, 0.29) is 12.1 Å². The summed E-state index contributed by atoms with van der Waals surface area (Å²) in [7, 11) is 0. The lowest BCUT2D eigenvalue weighted by molar-refractivity contribution is -0.147. The Balaban J connectivity index is 2.28. The first-order chi connectivity index (χ1) is 11.1. The largest absolute Gasteiger partial charge is 0.463 e. The Labute approximate surface area is 139 Å². The van der Waals surface area contributed by atoms with Crippen molar-refractivity contribution in [1.29, 1.82) is 0 Å². The fourth-order valence-corrected chi connectivity index (χ4v) is 2.07. The minimum atomic E-state index is -0.188. The molecule has 0 aliphatic heterocycles. The van der Waals surface area contributed by atoms with E-state index in [0.29, 0.717) is 13.0 Å². The Morgan fingerprint density at radius 1 is 1.22 bits per heavy atom. The number of carbonyl (C=O) groups is 1. The van der Waals surface area contributed by atoms with Gasteiger partial charge >= 0.3 is 5.97 Å². The van der Waals surface area contributed by atoms with Gasteiger partial charge in [-0.05, 0) is 39.2 Å². The summed E-state index contributed by atoms with van der Waals surface area (Å²) in [5, 5.41) is 6.34. The number of nitrogens with zero attached hydrogens (tertiary/aromatic N) is 1. The van der Waals surface area contributed by atoms with Crippen molar-refractivity contribution in [3.8, 4) is 0 Å². The van der Waals surface area contributed by atoms with Crippen molar-refractivity contribution < 1.29 is 9.53 Å². The van der Waals surface area contributed by atoms with Crippen molar-refractivity contribution in [3.05, 3.63) is 35.9 Å². The highest BCUT2D eigenvalue weighted by atomic mass is 16.5. The second-order valence-corrected chi connectivity index (χ2v) is 5.57. The van der Waals surface area contributed by atoms with E-state index in [1.165, 1.54) is 5.56 Å². The lowest BCUT2D eigenvalue weighted by atomic mass is 10.1. The van der Waals surface area contributed by atoms with E-state index < -0.39 is 0 Å². The molecule has 0 atom stereocenters. The predicted molar refractivity (Wildman–Crippen MR) is 94.6 cm³/mol. The van der Waals surface area contributed by atoms with Crippen molar-refractivity contribution in [2.24, 2.45) is 4.99 Å². The fraction of sp³-hybridized carbons (Fsp3) is 0.556. The van der Waals surface area contributed by atoms with Gasteiger partial charge in [0.1, 0.15) is 0 Å². The van der Waals surface area contributed by atoms with Gasteiger partial charge < -0.3 is 15.4 Å². The van der Waals surface area contributed by atoms with E-state index in [2.05, 4.69) is 39.9 Å². The molecule has 0 aliphatic carbocycles. The summed E-state index contributed by atoms with van der Waals surface area (Å²) >= 11 is 0. The van der Waals surface area contributed by atoms with Crippen LogP contribution >= 0.6 is 0 Å². The Bertz CT molecular complexity index is 472. The first kappa shape index (κ1) is 19.0. The standard InChI is InChI=1S/C18H29N3O2/c1-4-19-18(21-14-12-17(22)23-15(2)3)20-13-8-11-16-9-6-5-7-10-16/h5-7,9-10,15H,4,8,11-14H2,1-3H3,(H2,19,20,21). The highest BCUT2D eigenvalue weighted by Crippen LogP contribution is 2.02. The predicted octanol–water partition coefficient (Wildman–Crippen LogP) is 2.52. The number of aryl methyl sites for hydroxylation is 1. The molecule has 1 rings (SSSR count). The van der Waals surface area contributed by atoms with E-state index in [1.807, 2.05) is 26.8 Å². The second-order valence-electron chi connectivity index (χ2n) is 5.57. The number of aliphatic imine (C=N–C) groups is 1. The molecule has 23 heavy (non-hydrogen) atoms. The average molecular weight is 319 g/mol. The summed E-state index contributed by atoms with van der Waals surface area (Å²) < 4.78 is 5.10. The molecule has 0 saturated heterocycles. The Hall–Kier alpha value is -2.04. The topological polar surface area (TPSA) is 62.7 Å². The van der Waals surface area contributed by atoms with Crippen LogP contribution in [0.15, 0.2) is 35.3 Å². The van der Waals surface area contributed by atoms with Gasteiger partial charge in [-0.1, -0.05) is 30.3 Å². The maximum absolute atomic E-state index is 11.5. The molecule has 0 spiro atoms. The number of hydrogen-bond donors (Lipinski definition) is 2. The van der Waals surface area contributed by atoms with Crippen LogP contribution in [0.25, 0.3) is 0 Å².